The number of aromatic nitrogens is 2. The Kier molecular flexibility index (Phi) is 3.64. The molecule has 0 bridgehead atoms. The minimum absolute atomic E-state index is 0.0821. The summed E-state index contributed by atoms with van der Waals surface area (Å²) in [4.78, 5) is 16.3. The van der Waals surface area contributed by atoms with Crippen molar-refractivity contribution in [1.29, 1.82) is 0 Å². The Labute approximate surface area is 124 Å². The Morgan fingerprint density at radius 2 is 2.19 bits per heavy atom. The number of nitrogens with one attached hydrogen (secondary N) is 1. The number of aryl methyl sites for hydroxylation is 1. The molecule has 5 nitrogen and oxygen atoms in total. The van der Waals surface area contributed by atoms with Crippen LogP contribution < -0.4 is 10.1 Å². The molecule has 1 amide bonds. The molecule has 3 rings (SSSR count). The summed E-state index contributed by atoms with van der Waals surface area (Å²) >= 11 is 0. The maximum Gasteiger partial charge on any atom is 0.224 e. The number of imidazole rings is 1. The summed E-state index contributed by atoms with van der Waals surface area (Å²) in [5.74, 6) is 1.34. The van der Waals surface area contributed by atoms with Crippen molar-refractivity contribution in [3.63, 3.8) is 0 Å². The maximum atomic E-state index is 12.2. The van der Waals surface area contributed by atoms with Crippen molar-refractivity contribution >= 4 is 5.91 Å². The van der Waals surface area contributed by atoms with Gasteiger partial charge in [-0.2, -0.15) is 0 Å². The summed E-state index contributed by atoms with van der Waals surface area (Å²) in [6.45, 7) is 0.553. The van der Waals surface area contributed by atoms with E-state index >= 15 is 0 Å². The second-order valence-electron chi connectivity index (χ2n) is 5.44. The third kappa shape index (κ3) is 2.91. The number of carbonyl (C=O) groups is 1. The quantitative estimate of drug-likeness (QED) is 0.912. The van der Waals surface area contributed by atoms with Crippen LogP contribution >= 0.6 is 0 Å². The van der Waals surface area contributed by atoms with E-state index in [1.165, 1.54) is 0 Å². The molecule has 1 aromatic heterocycles. The Morgan fingerprint density at radius 3 is 2.81 bits per heavy atom. The van der Waals surface area contributed by atoms with Crippen LogP contribution in [0, 0.1) is 5.92 Å². The number of hydrogen-bond donors (Lipinski definition) is 1. The molecule has 5 heteroatoms. The number of hydrogen-bond acceptors (Lipinski definition) is 3. The summed E-state index contributed by atoms with van der Waals surface area (Å²) in [5, 5.41) is 3.00. The van der Waals surface area contributed by atoms with E-state index < -0.39 is 0 Å². The summed E-state index contributed by atoms with van der Waals surface area (Å²) < 4.78 is 7.10. The minimum atomic E-state index is 0.0821. The molecule has 2 atom stereocenters. The number of ether oxygens (including phenoxy) is 1. The van der Waals surface area contributed by atoms with Crippen LogP contribution in [0.4, 0.5) is 0 Å². The van der Waals surface area contributed by atoms with E-state index in [0.717, 1.165) is 23.4 Å². The van der Waals surface area contributed by atoms with Crippen LogP contribution in [0.2, 0.25) is 0 Å². The first-order chi connectivity index (χ1) is 10.2. The Morgan fingerprint density at radius 1 is 1.43 bits per heavy atom. The Hall–Kier alpha value is -2.30. The molecule has 1 N–H and O–H groups in total. The molecule has 110 valence electrons. The van der Waals surface area contributed by atoms with Gasteiger partial charge >= 0.3 is 0 Å². The van der Waals surface area contributed by atoms with Crippen molar-refractivity contribution in [2.24, 2.45) is 13.0 Å². The van der Waals surface area contributed by atoms with Crippen molar-refractivity contribution in [3.05, 3.63) is 48.0 Å². The van der Waals surface area contributed by atoms with Crippen LogP contribution in [0.3, 0.4) is 0 Å². The molecular formula is C16H19N3O2. The van der Waals surface area contributed by atoms with E-state index in [-0.39, 0.29) is 11.8 Å². The van der Waals surface area contributed by atoms with E-state index in [4.69, 9.17) is 4.74 Å². The first-order valence-electron chi connectivity index (χ1n) is 7.06. The van der Waals surface area contributed by atoms with Crippen LogP contribution in [-0.4, -0.2) is 22.6 Å². The molecule has 1 aliphatic rings. The number of nitrogens with zero attached hydrogens (tertiary/aromatic N) is 2. The van der Waals surface area contributed by atoms with Gasteiger partial charge in [0.15, 0.2) is 0 Å². The fourth-order valence-electron chi connectivity index (χ4n) is 2.60. The fraction of sp³-hybridized carbons (Fsp3) is 0.375. The predicted octanol–water partition coefficient (Wildman–Crippen LogP) is 1.85. The van der Waals surface area contributed by atoms with Crippen molar-refractivity contribution in [2.75, 3.05) is 7.11 Å². The molecule has 1 fully saturated rings. The molecular weight excluding hydrogens is 266 g/mol. The zero-order chi connectivity index (χ0) is 14.8. The molecule has 2 aromatic rings. The summed E-state index contributed by atoms with van der Waals surface area (Å²) in [6.07, 6.45) is 4.54. The van der Waals surface area contributed by atoms with Gasteiger partial charge in [0, 0.05) is 37.3 Å². The lowest BCUT2D eigenvalue weighted by Crippen LogP contribution is -2.25. The number of carbonyl (C=O) groups excluding carboxylic acids is 1. The van der Waals surface area contributed by atoms with E-state index in [2.05, 4.69) is 10.3 Å². The highest BCUT2D eigenvalue weighted by Crippen LogP contribution is 2.47. The number of rotatable bonds is 5. The standard InChI is InChI=1S/C16H19N3O2/c1-19-10-17-9-15(19)13-7-14(13)16(20)18-8-11-3-5-12(21-2)6-4-11/h3-6,9-10,13-14H,7-8H2,1-2H3,(H,18,20)/t13-,14-/m1/s1. The van der Waals surface area contributed by atoms with E-state index in [1.54, 1.807) is 13.4 Å². The van der Waals surface area contributed by atoms with E-state index in [0.29, 0.717) is 12.5 Å². The third-order valence-electron chi connectivity index (χ3n) is 3.99. The molecule has 0 spiro atoms. The van der Waals surface area contributed by atoms with Gasteiger partial charge in [-0.1, -0.05) is 12.1 Å². The van der Waals surface area contributed by atoms with Gasteiger partial charge in [0.2, 0.25) is 5.91 Å². The highest BCUT2D eigenvalue weighted by Gasteiger charge is 2.45. The molecule has 1 aromatic carbocycles. The average Bonchev–Trinajstić information content (AvgIpc) is 3.20. The maximum absolute atomic E-state index is 12.2. The van der Waals surface area contributed by atoms with E-state index in [9.17, 15) is 4.79 Å². The normalized spacial score (nSPS) is 20.1. The Bertz CT molecular complexity index is 633. The van der Waals surface area contributed by atoms with Crippen LogP contribution in [0.5, 0.6) is 5.75 Å². The van der Waals surface area contributed by atoms with Crippen molar-refractivity contribution in [2.45, 2.75) is 18.9 Å². The number of amides is 1. The second kappa shape index (κ2) is 5.60. The molecule has 0 aliphatic heterocycles. The van der Waals surface area contributed by atoms with Gasteiger partial charge in [0.25, 0.3) is 0 Å². The first-order valence-corrected chi connectivity index (χ1v) is 7.06. The zero-order valence-electron chi connectivity index (χ0n) is 12.2. The molecule has 21 heavy (non-hydrogen) atoms. The predicted molar refractivity (Wildman–Crippen MR) is 78.9 cm³/mol. The lowest BCUT2D eigenvalue weighted by Gasteiger charge is -2.06. The molecule has 1 saturated carbocycles. The topological polar surface area (TPSA) is 56.1 Å². The highest BCUT2D eigenvalue weighted by atomic mass is 16.5. The largest absolute Gasteiger partial charge is 0.497 e. The fourth-order valence-corrected chi connectivity index (χ4v) is 2.60. The molecule has 0 saturated heterocycles. The highest BCUT2D eigenvalue weighted by molar-refractivity contribution is 5.82. The van der Waals surface area contributed by atoms with Gasteiger partial charge in [-0.15, -0.1) is 0 Å². The SMILES string of the molecule is COc1ccc(CNC(=O)[C@@H]2C[C@H]2c2cncn2C)cc1. The van der Waals surface area contributed by atoms with Crippen LogP contribution in [0.1, 0.15) is 23.6 Å². The van der Waals surface area contributed by atoms with Gasteiger partial charge < -0.3 is 14.6 Å². The summed E-state index contributed by atoms with van der Waals surface area (Å²) in [6, 6.07) is 7.73. The molecule has 1 heterocycles. The van der Waals surface area contributed by atoms with Gasteiger partial charge in [0.1, 0.15) is 5.75 Å². The summed E-state index contributed by atoms with van der Waals surface area (Å²) in [7, 11) is 3.61. The first kappa shape index (κ1) is 13.7. The third-order valence-corrected chi connectivity index (χ3v) is 3.99. The lowest BCUT2D eigenvalue weighted by molar-refractivity contribution is -0.122. The average molecular weight is 285 g/mol. The second-order valence-corrected chi connectivity index (χ2v) is 5.44. The number of benzene rings is 1. The smallest absolute Gasteiger partial charge is 0.224 e. The van der Waals surface area contributed by atoms with Gasteiger partial charge in [-0.3, -0.25) is 4.79 Å². The van der Waals surface area contributed by atoms with Crippen molar-refractivity contribution < 1.29 is 9.53 Å². The van der Waals surface area contributed by atoms with Crippen LogP contribution in [0.15, 0.2) is 36.8 Å². The van der Waals surface area contributed by atoms with Gasteiger partial charge in [0.05, 0.1) is 13.4 Å². The van der Waals surface area contributed by atoms with Crippen LogP contribution in [-0.2, 0) is 18.4 Å². The Balaban J connectivity index is 1.52. The van der Waals surface area contributed by atoms with Gasteiger partial charge in [-0.05, 0) is 24.1 Å². The molecule has 0 radical (unpaired) electrons. The summed E-state index contributed by atoms with van der Waals surface area (Å²) in [5.41, 5.74) is 2.21. The monoisotopic (exact) mass is 285 g/mol. The number of methoxy groups -OCH3 is 1. The molecule has 1 aliphatic carbocycles. The van der Waals surface area contributed by atoms with Crippen molar-refractivity contribution in [3.8, 4) is 5.75 Å². The van der Waals surface area contributed by atoms with Crippen molar-refractivity contribution in [1.82, 2.24) is 14.9 Å². The zero-order valence-corrected chi connectivity index (χ0v) is 12.2. The lowest BCUT2D eigenvalue weighted by atomic mass is 10.2. The van der Waals surface area contributed by atoms with Crippen LogP contribution in [0.25, 0.3) is 0 Å². The van der Waals surface area contributed by atoms with E-state index in [1.807, 2.05) is 42.1 Å². The minimum Gasteiger partial charge on any atom is -0.497 e. The molecule has 0 unspecified atom stereocenters. The van der Waals surface area contributed by atoms with Gasteiger partial charge in [-0.25, -0.2) is 4.98 Å².